The van der Waals surface area contributed by atoms with Gasteiger partial charge in [0.05, 0.1) is 0 Å². The molecule has 1 N–H and O–H groups in total. The molecule has 0 saturated carbocycles. The van der Waals surface area contributed by atoms with Gasteiger partial charge in [-0.3, -0.25) is 9.59 Å². The first-order valence-corrected chi connectivity index (χ1v) is 8.45. The molecule has 26 heavy (non-hydrogen) atoms. The zero-order chi connectivity index (χ0) is 19.3. The van der Waals surface area contributed by atoms with Crippen molar-refractivity contribution in [3.8, 4) is 0 Å². The maximum absolute atomic E-state index is 13.6. The van der Waals surface area contributed by atoms with Gasteiger partial charge < -0.3 is 10.2 Å². The smallest absolute Gasteiger partial charge is 0.226 e. The third-order valence-corrected chi connectivity index (χ3v) is 4.14. The Labute approximate surface area is 151 Å². The normalized spacial score (nSPS) is 10.5. The fourth-order valence-electron chi connectivity index (χ4n) is 2.85. The Morgan fingerprint density at radius 1 is 1.08 bits per heavy atom. The summed E-state index contributed by atoms with van der Waals surface area (Å²) in [4.78, 5) is 25.8. The number of halogens is 2. The Morgan fingerprint density at radius 2 is 1.69 bits per heavy atom. The van der Waals surface area contributed by atoms with Crippen LogP contribution < -0.4 is 10.2 Å². The van der Waals surface area contributed by atoms with Crippen molar-refractivity contribution >= 4 is 23.2 Å². The largest absolute Gasteiger partial charge is 0.321 e. The Balaban J connectivity index is 2.15. The average molecular weight is 360 g/mol. The molecule has 0 bridgehead atoms. The van der Waals surface area contributed by atoms with E-state index in [4.69, 9.17) is 0 Å². The predicted molar refractivity (Wildman–Crippen MR) is 98.2 cm³/mol. The van der Waals surface area contributed by atoms with Gasteiger partial charge in [0.15, 0.2) is 0 Å². The van der Waals surface area contributed by atoms with Gasteiger partial charge in [-0.05, 0) is 36.6 Å². The lowest BCUT2D eigenvalue weighted by atomic mass is 10.0. The minimum atomic E-state index is -0.839. The monoisotopic (exact) mass is 360 g/mol. The van der Waals surface area contributed by atoms with Gasteiger partial charge in [-0.25, -0.2) is 8.78 Å². The minimum Gasteiger partial charge on any atom is -0.321 e. The van der Waals surface area contributed by atoms with Crippen molar-refractivity contribution in [2.24, 2.45) is 0 Å². The second-order valence-electron chi connectivity index (χ2n) is 6.00. The number of hydrogen-bond donors (Lipinski definition) is 1. The fourth-order valence-corrected chi connectivity index (χ4v) is 2.85. The molecule has 2 rings (SSSR count). The number of nitrogens with one attached hydrogen (secondary N) is 1. The van der Waals surface area contributed by atoms with Crippen LogP contribution >= 0.6 is 0 Å². The third kappa shape index (κ3) is 4.45. The highest BCUT2D eigenvalue weighted by atomic mass is 19.1. The van der Waals surface area contributed by atoms with Crippen LogP contribution in [0, 0.1) is 18.6 Å². The van der Waals surface area contributed by atoms with Gasteiger partial charge >= 0.3 is 0 Å². The maximum atomic E-state index is 13.6. The molecule has 2 aromatic carbocycles. The summed E-state index contributed by atoms with van der Waals surface area (Å²) in [7, 11) is 0. The molecule has 0 unspecified atom stereocenters. The number of rotatable bonds is 6. The summed E-state index contributed by atoms with van der Waals surface area (Å²) in [6.45, 7) is 5.44. The first-order valence-electron chi connectivity index (χ1n) is 8.45. The SMILES string of the molecule is CCc1cccc(C)c1N(CCC(=O)Nc1c(F)cccc1F)C(C)=O. The van der Waals surface area contributed by atoms with Crippen LogP contribution in [0.3, 0.4) is 0 Å². The lowest BCUT2D eigenvalue weighted by Crippen LogP contribution is -2.33. The van der Waals surface area contributed by atoms with E-state index in [1.165, 1.54) is 17.9 Å². The van der Waals surface area contributed by atoms with Crippen LogP contribution in [0.15, 0.2) is 36.4 Å². The van der Waals surface area contributed by atoms with E-state index in [1.54, 1.807) is 0 Å². The zero-order valence-electron chi connectivity index (χ0n) is 15.1. The molecule has 4 nitrogen and oxygen atoms in total. The first kappa shape index (κ1) is 19.6. The Bertz CT molecular complexity index is 801. The molecule has 0 spiro atoms. The number of benzene rings is 2. The van der Waals surface area contributed by atoms with Gasteiger partial charge in [-0.1, -0.05) is 31.2 Å². The number of aryl methyl sites for hydroxylation is 2. The van der Waals surface area contributed by atoms with Crippen LogP contribution in [0.2, 0.25) is 0 Å². The summed E-state index contributed by atoms with van der Waals surface area (Å²) in [6.07, 6.45) is 0.665. The standard InChI is InChI=1S/C20H22F2N2O2/c1-4-15-8-5-7-13(2)20(15)24(14(3)25)12-11-18(26)23-19-16(21)9-6-10-17(19)22/h5-10H,4,11-12H2,1-3H3,(H,23,26). The molecule has 0 atom stereocenters. The summed E-state index contributed by atoms with van der Waals surface area (Å²) in [6, 6.07) is 9.13. The molecular formula is C20H22F2N2O2. The lowest BCUT2D eigenvalue weighted by molar-refractivity contribution is -0.117. The van der Waals surface area contributed by atoms with E-state index in [-0.39, 0.29) is 18.9 Å². The molecule has 2 amide bonds. The molecule has 0 aromatic heterocycles. The average Bonchev–Trinajstić information content (AvgIpc) is 2.59. The second-order valence-corrected chi connectivity index (χ2v) is 6.00. The Hall–Kier alpha value is -2.76. The van der Waals surface area contributed by atoms with Crippen molar-refractivity contribution in [1.29, 1.82) is 0 Å². The van der Waals surface area contributed by atoms with E-state index in [9.17, 15) is 18.4 Å². The predicted octanol–water partition coefficient (Wildman–Crippen LogP) is 4.22. The number of carbonyl (C=O) groups excluding carboxylic acids is 2. The van der Waals surface area contributed by atoms with Gasteiger partial charge in [0.2, 0.25) is 11.8 Å². The molecule has 0 fully saturated rings. The van der Waals surface area contributed by atoms with Gasteiger partial charge in [0.1, 0.15) is 17.3 Å². The summed E-state index contributed by atoms with van der Waals surface area (Å²) in [5.74, 6) is -2.44. The van der Waals surface area contributed by atoms with Crippen molar-refractivity contribution < 1.29 is 18.4 Å². The van der Waals surface area contributed by atoms with Crippen LogP contribution in [0.1, 0.15) is 31.4 Å². The van der Waals surface area contributed by atoms with Crippen molar-refractivity contribution in [3.05, 3.63) is 59.2 Å². The van der Waals surface area contributed by atoms with Crippen molar-refractivity contribution in [1.82, 2.24) is 0 Å². The molecular weight excluding hydrogens is 338 g/mol. The number of carbonyl (C=O) groups is 2. The highest BCUT2D eigenvalue weighted by molar-refractivity contribution is 5.96. The molecule has 0 saturated heterocycles. The van der Waals surface area contributed by atoms with E-state index in [1.807, 2.05) is 32.0 Å². The number of para-hydroxylation sites is 2. The summed E-state index contributed by atoms with van der Waals surface area (Å²) in [5, 5.41) is 2.24. The fraction of sp³-hybridized carbons (Fsp3) is 0.300. The molecule has 0 heterocycles. The van der Waals surface area contributed by atoms with Gasteiger partial charge in [-0.2, -0.15) is 0 Å². The maximum Gasteiger partial charge on any atom is 0.226 e. The van der Waals surface area contributed by atoms with E-state index in [2.05, 4.69) is 5.32 Å². The number of anilines is 2. The van der Waals surface area contributed by atoms with Crippen molar-refractivity contribution in [2.75, 3.05) is 16.8 Å². The number of hydrogen-bond acceptors (Lipinski definition) is 2. The van der Waals surface area contributed by atoms with Crippen LogP contribution in [-0.4, -0.2) is 18.4 Å². The van der Waals surface area contributed by atoms with Gasteiger partial charge in [0.25, 0.3) is 0 Å². The molecule has 0 radical (unpaired) electrons. The highest BCUT2D eigenvalue weighted by Gasteiger charge is 2.19. The molecule has 6 heteroatoms. The third-order valence-electron chi connectivity index (χ3n) is 4.14. The van der Waals surface area contributed by atoms with Crippen LogP contribution in [0.4, 0.5) is 20.2 Å². The van der Waals surface area contributed by atoms with Crippen LogP contribution in [-0.2, 0) is 16.0 Å². The summed E-state index contributed by atoms with van der Waals surface area (Å²) < 4.78 is 27.3. The van der Waals surface area contributed by atoms with Crippen LogP contribution in [0.5, 0.6) is 0 Å². The van der Waals surface area contributed by atoms with Gasteiger partial charge in [-0.15, -0.1) is 0 Å². The second kappa shape index (κ2) is 8.56. The Morgan fingerprint density at radius 3 is 2.27 bits per heavy atom. The van der Waals surface area contributed by atoms with E-state index >= 15 is 0 Å². The summed E-state index contributed by atoms with van der Waals surface area (Å²) in [5.41, 5.74) is 2.24. The minimum absolute atomic E-state index is 0.0785. The zero-order valence-corrected chi connectivity index (χ0v) is 15.1. The highest BCUT2D eigenvalue weighted by Crippen LogP contribution is 2.26. The Kier molecular flexibility index (Phi) is 6.44. The first-order chi connectivity index (χ1) is 12.3. The molecule has 0 aliphatic heterocycles. The number of nitrogens with zero attached hydrogens (tertiary/aromatic N) is 1. The lowest BCUT2D eigenvalue weighted by Gasteiger charge is -2.25. The van der Waals surface area contributed by atoms with Crippen molar-refractivity contribution in [3.63, 3.8) is 0 Å². The van der Waals surface area contributed by atoms with Crippen molar-refractivity contribution in [2.45, 2.75) is 33.6 Å². The van der Waals surface area contributed by atoms with Crippen LogP contribution in [0.25, 0.3) is 0 Å². The van der Waals surface area contributed by atoms with Gasteiger partial charge in [0, 0.05) is 25.6 Å². The topological polar surface area (TPSA) is 49.4 Å². The molecule has 0 aliphatic rings. The molecule has 138 valence electrons. The van der Waals surface area contributed by atoms with E-state index in [0.29, 0.717) is 0 Å². The molecule has 2 aromatic rings. The summed E-state index contributed by atoms with van der Waals surface area (Å²) >= 11 is 0. The van der Waals surface area contributed by atoms with E-state index in [0.717, 1.165) is 35.4 Å². The van der Waals surface area contributed by atoms with E-state index < -0.39 is 23.2 Å². The quantitative estimate of drug-likeness (QED) is 0.839. The molecule has 0 aliphatic carbocycles. The number of amides is 2.